The van der Waals surface area contributed by atoms with Gasteiger partial charge in [-0.25, -0.2) is 0 Å². The number of aromatic nitrogens is 1. The molecular formula is C18H25N3. The van der Waals surface area contributed by atoms with E-state index >= 15 is 0 Å². The van der Waals surface area contributed by atoms with E-state index in [4.69, 9.17) is 0 Å². The number of rotatable bonds is 5. The average Bonchev–Trinajstić information content (AvgIpc) is 2.52. The molecule has 21 heavy (non-hydrogen) atoms. The summed E-state index contributed by atoms with van der Waals surface area (Å²) in [4.78, 5) is 7.18. The number of fused-ring (bicyclic) bond motifs is 1. The highest BCUT2D eigenvalue weighted by Crippen LogP contribution is 2.17. The lowest BCUT2D eigenvalue weighted by atomic mass is 10.1. The maximum Gasteiger partial charge on any atom is 0.0708 e. The molecule has 0 atom stereocenters. The Morgan fingerprint density at radius 1 is 1.14 bits per heavy atom. The van der Waals surface area contributed by atoms with Gasteiger partial charge in [0.15, 0.2) is 0 Å². The largest absolute Gasteiger partial charge is 0.311 e. The van der Waals surface area contributed by atoms with Gasteiger partial charge in [-0.3, -0.25) is 4.98 Å². The lowest BCUT2D eigenvalue weighted by molar-refractivity contribution is 0.229. The zero-order valence-electron chi connectivity index (χ0n) is 12.9. The molecule has 1 aromatic carbocycles. The number of nitrogens with zero attached hydrogens (tertiary/aromatic N) is 2. The molecule has 0 unspecified atom stereocenters. The van der Waals surface area contributed by atoms with E-state index in [1.165, 1.54) is 49.8 Å². The molecule has 3 rings (SSSR count). The van der Waals surface area contributed by atoms with Gasteiger partial charge in [0, 0.05) is 30.7 Å². The predicted molar refractivity (Wildman–Crippen MR) is 88.5 cm³/mol. The summed E-state index contributed by atoms with van der Waals surface area (Å²) in [5.41, 5.74) is 3.56. The normalized spacial score (nSPS) is 16.4. The number of para-hydroxylation sites is 1. The Kier molecular flexibility index (Phi) is 4.84. The first-order chi connectivity index (χ1) is 10.3. The molecule has 3 heteroatoms. The van der Waals surface area contributed by atoms with E-state index in [1.54, 1.807) is 0 Å². The fraction of sp³-hybridized carbons (Fsp3) is 0.500. The number of nitrogens with one attached hydrogen (secondary N) is 1. The third-order valence-electron chi connectivity index (χ3n) is 4.30. The SMILES string of the molecule is Cc1cc(CNCCN2CCCCC2)c2ccccc2n1. The monoisotopic (exact) mass is 283 g/mol. The Labute approximate surface area is 127 Å². The standard InChI is InChI=1S/C18H25N3/c1-15-13-16(17-7-3-4-8-18(17)20-15)14-19-9-12-21-10-5-2-6-11-21/h3-4,7-8,13,19H,2,5-6,9-12,14H2,1H3. The van der Waals surface area contributed by atoms with Crippen molar-refractivity contribution in [2.45, 2.75) is 32.7 Å². The van der Waals surface area contributed by atoms with Gasteiger partial charge in [-0.1, -0.05) is 24.6 Å². The number of hydrogen-bond donors (Lipinski definition) is 1. The minimum absolute atomic E-state index is 0.928. The van der Waals surface area contributed by atoms with Crippen LogP contribution in [0.2, 0.25) is 0 Å². The van der Waals surface area contributed by atoms with Gasteiger partial charge in [-0.15, -0.1) is 0 Å². The molecule has 0 amide bonds. The van der Waals surface area contributed by atoms with Crippen LogP contribution in [0.3, 0.4) is 0 Å². The zero-order valence-corrected chi connectivity index (χ0v) is 12.9. The molecule has 3 nitrogen and oxygen atoms in total. The Bertz CT molecular complexity index is 588. The first-order valence-electron chi connectivity index (χ1n) is 8.11. The molecule has 1 aliphatic rings. The Morgan fingerprint density at radius 2 is 1.95 bits per heavy atom. The lowest BCUT2D eigenvalue weighted by Crippen LogP contribution is -2.35. The molecule has 0 spiro atoms. The van der Waals surface area contributed by atoms with Crippen LogP contribution in [0.1, 0.15) is 30.5 Å². The number of aryl methyl sites for hydroxylation is 1. The van der Waals surface area contributed by atoms with Crippen LogP contribution in [0.15, 0.2) is 30.3 Å². The van der Waals surface area contributed by atoms with Gasteiger partial charge in [0.1, 0.15) is 0 Å². The minimum Gasteiger partial charge on any atom is -0.311 e. The van der Waals surface area contributed by atoms with Gasteiger partial charge in [-0.05, 0) is 50.6 Å². The van der Waals surface area contributed by atoms with Crippen LogP contribution in [-0.4, -0.2) is 36.1 Å². The van der Waals surface area contributed by atoms with Crippen molar-refractivity contribution in [3.05, 3.63) is 41.6 Å². The average molecular weight is 283 g/mol. The summed E-state index contributed by atoms with van der Waals surface area (Å²) >= 11 is 0. The molecule has 0 aliphatic carbocycles. The summed E-state index contributed by atoms with van der Waals surface area (Å²) < 4.78 is 0. The Balaban J connectivity index is 1.57. The summed E-state index contributed by atoms with van der Waals surface area (Å²) in [7, 11) is 0. The van der Waals surface area contributed by atoms with Crippen molar-refractivity contribution in [1.29, 1.82) is 0 Å². The van der Waals surface area contributed by atoms with E-state index in [-0.39, 0.29) is 0 Å². The topological polar surface area (TPSA) is 28.2 Å². The second kappa shape index (κ2) is 7.01. The van der Waals surface area contributed by atoms with Crippen LogP contribution in [0, 0.1) is 6.92 Å². The van der Waals surface area contributed by atoms with Crippen molar-refractivity contribution in [2.24, 2.45) is 0 Å². The quantitative estimate of drug-likeness (QED) is 0.855. The lowest BCUT2D eigenvalue weighted by Gasteiger charge is -2.26. The van der Waals surface area contributed by atoms with Crippen molar-refractivity contribution in [1.82, 2.24) is 15.2 Å². The van der Waals surface area contributed by atoms with E-state index in [2.05, 4.69) is 52.5 Å². The first-order valence-corrected chi connectivity index (χ1v) is 8.11. The fourth-order valence-corrected chi connectivity index (χ4v) is 3.18. The third kappa shape index (κ3) is 3.80. The van der Waals surface area contributed by atoms with Crippen LogP contribution in [0.25, 0.3) is 10.9 Å². The molecule has 0 bridgehead atoms. The van der Waals surface area contributed by atoms with E-state index < -0.39 is 0 Å². The molecule has 2 heterocycles. The second-order valence-corrected chi connectivity index (χ2v) is 6.02. The van der Waals surface area contributed by atoms with E-state index in [1.807, 2.05) is 0 Å². The fourth-order valence-electron chi connectivity index (χ4n) is 3.18. The number of likely N-dealkylation sites (tertiary alicyclic amines) is 1. The van der Waals surface area contributed by atoms with Crippen LogP contribution in [0.4, 0.5) is 0 Å². The van der Waals surface area contributed by atoms with Crippen molar-refractivity contribution < 1.29 is 0 Å². The molecular weight excluding hydrogens is 258 g/mol. The molecule has 1 saturated heterocycles. The van der Waals surface area contributed by atoms with E-state index in [0.717, 1.165) is 24.3 Å². The van der Waals surface area contributed by atoms with Crippen LogP contribution in [-0.2, 0) is 6.54 Å². The molecule has 0 saturated carbocycles. The molecule has 2 aromatic rings. The van der Waals surface area contributed by atoms with Crippen LogP contribution < -0.4 is 5.32 Å². The molecule has 0 radical (unpaired) electrons. The number of piperidine rings is 1. The summed E-state index contributed by atoms with van der Waals surface area (Å²) in [6.45, 7) is 7.79. The summed E-state index contributed by atoms with van der Waals surface area (Å²) in [6, 6.07) is 10.6. The Hall–Kier alpha value is -1.45. The van der Waals surface area contributed by atoms with Gasteiger partial charge in [0.2, 0.25) is 0 Å². The molecule has 1 aliphatic heterocycles. The maximum atomic E-state index is 4.60. The summed E-state index contributed by atoms with van der Waals surface area (Å²) in [6.07, 6.45) is 4.15. The van der Waals surface area contributed by atoms with Crippen molar-refractivity contribution >= 4 is 10.9 Å². The summed E-state index contributed by atoms with van der Waals surface area (Å²) in [5.74, 6) is 0. The van der Waals surface area contributed by atoms with Crippen molar-refractivity contribution in [3.63, 3.8) is 0 Å². The van der Waals surface area contributed by atoms with Gasteiger partial charge in [0.05, 0.1) is 5.52 Å². The van der Waals surface area contributed by atoms with Crippen molar-refractivity contribution in [2.75, 3.05) is 26.2 Å². The van der Waals surface area contributed by atoms with E-state index in [0.29, 0.717) is 0 Å². The second-order valence-electron chi connectivity index (χ2n) is 6.02. The van der Waals surface area contributed by atoms with Gasteiger partial charge < -0.3 is 10.2 Å². The van der Waals surface area contributed by atoms with Crippen LogP contribution >= 0.6 is 0 Å². The Morgan fingerprint density at radius 3 is 2.81 bits per heavy atom. The highest BCUT2D eigenvalue weighted by Gasteiger charge is 2.09. The molecule has 1 aromatic heterocycles. The molecule has 112 valence electrons. The first kappa shape index (κ1) is 14.5. The minimum atomic E-state index is 0.928. The van der Waals surface area contributed by atoms with Gasteiger partial charge >= 0.3 is 0 Å². The van der Waals surface area contributed by atoms with E-state index in [9.17, 15) is 0 Å². The third-order valence-corrected chi connectivity index (χ3v) is 4.30. The summed E-state index contributed by atoms with van der Waals surface area (Å²) in [5, 5.41) is 4.87. The predicted octanol–water partition coefficient (Wildman–Crippen LogP) is 3.12. The highest BCUT2D eigenvalue weighted by atomic mass is 15.1. The number of pyridine rings is 1. The number of hydrogen-bond acceptors (Lipinski definition) is 3. The van der Waals surface area contributed by atoms with Gasteiger partial charge in [-0.2, -0.15) is 0 Å². The van der Waals surface area contributed by atoms with Gasteiger partial charge in [0.25, 0.3) is 0 Å². The molecule has 1 N–H and O–H groups in total. The molecule has 1 fully saturated rings. The van der Waals surface area contributed by atoms with Crippen LogP contribution in [0.5, 0.6) is 0 Å². The number of benzene rings is 1. The maximum absolute atomic E-state index is 4.60. The van der Waals surface area contributed by atoms with Crippen molar-refractivity contribution in [3.8, 4) is 0 Å². The highest BCUT2D eigenvalue weighted by molar-refractivity contribution is 5.82. The zero-order chi connectivity index (χ0) is 14.5. The smallest absolute Gasteiger partial charge is 0.0708 e.